The summed E-state index contributed by atoms with van der Waals surface area (Å²) < 4.78 is 5.30. The number of hydrogen-bond donors (Lipinski definition) is 1. The van der Waals surface area contributed by atoms with Gasteiger partial charge in [-0.15, -0.1) is 11.3 Å². The number of nitrogens with zero attached hydrogens (tertiary/aromatic N) is 1. The highest BCUT2D eigenvalue weighted by Gasteiger charge is 2.04. The molecule has 0 aliphatic rings. The molecule has 3 nitrogen and oxygen atoms in total. The summed E-state index contributed by atoms with van der Waals surface area (Å²) in [7, 11) is 1.66. The van der Waals surface area contributed by atoms with Gasteiger partial charge in [0.1, 0.15) is 11.8 Å². The van der Waals surface area contributed by atoms with E-state index < -0.39 is 0 Å². The Morgan fingerprint density at radius 1 is 1.39 bits per heavy atom. The molecule has 18 heavy (non-hydrogen) atoms. The van der Waals surface area contributed by atoms with Gasteiger partial charge in [-0.3, -0.25) is 0 Å². The van der Waals surface area contributed by atoms with Gasteiger partial charge in [0.05, 0.1) is 18.4 Å². The predicted octanol–water partition coefficient (Wildman–Crippen LogP) is 3.55. The highest BCUT2D eigenvalue weighted by atomic mass is 32.1. The van der Waals surface area contributed by atoms with Crippen molar-refractivity contribution in [1.82, 2.24) is 0 Å². The van der Waals surface area contributed by atoms with Crippen LogP contribution in [0.15, 0.2) is 29.6 Å². The fraction of sp³-hybridized carbons (Fsp3) is 0.214. The minimum atomic E-state index is 0.701. The van der Waals surface area contributed by atoms with E-state index in [2.05, 4.69) is 17.5 Å². The second-order valence-electron chi connectivity index (χ2n) is 3.97. The van der Waals surface area contributed by atoms with Gasteiger partial charge in [0.15, 0.2) is 0 Å². The third kappa shape index (κ3) is 2.82. The van der Waals surface area contributed by atoms with E-state index in [0.717, 1.165) is 16.3 Å². The van der Waals surface area contributed by atoms with E-state index in [1.54, 1.807) is 18.4 Å². The molecule has 0 amide bonds. The van der Waals surface area contributed by atoms with Crippen molar-refractivity contribution in [3.05, 3.63) is 45.6 Å². The summed E-state index contributed by atoms with van der Waals surface area (Å²) in [5.41, 5.74) is 2.87. The zero-order valence-corrected chi connectivity index (χ0v) is 11.2. The van der Waals surface area contributed by atoms with Crippen molar-refractivity contribution < 1.29 is 4.74 Å². The van der Waals surface area contributed by atoms with Crippen LogP contribution in [0.1, 0.15) is 16.0 Å². The van der Waals surface area contributed by atoms with Crippen molar-refractivity contribution in [3.63, 3.8) is 0 Å². The van der Waals surface area contributed by atoms with Crippen LogP contribution in [0.4, 0.5) is 5.69 Å². The van der Waals surface area contributed by atoms with Gasteiger partial charge in [-0.1, -0.05) is 6.07 Å². The lowest BCUT2D eigenvalue weighted by molar-refractivity contribution is 0.416. The molecule has 2 rings (SSSR count). The van der Waals surface area contributed by atoms with Gasteiger partial charge in [-0.05, 0) is 30.7 Å². The smallest absolute Gasteiger partial charge is 0.141 e. The van der Waals surface area contributed by atoms with Gasteiger partial charge in [0.25, 0.3) is 0 Å². The number of benzene rings is 1. The Morgan fingerprint density at radius 2 is 2.22 bits per heavy atom. The molecule has 1 heterocycles. The van der Waals surface area contributed by atoms with Crippen LogP contribution >= 0.6 is 11.3 Å². The number of hydrogen-bond acceptors (Lipinski definition) is 4. The molecule has 92 valence electrons. The molecule has 0 saturated heterocycles. The number of rotatable bonds is 4. The van der Waals surface area contributed by atoms with Crippen molar-refractivity contribution >= 4 is 17.0 Å². The van der Waals surface area contributed by atoms with Crippen LogP contribution in [-0.2, 0) is 6.54 Å². The Hall–Kier alpha value is -1.99. The first-order chi connectivity index (χ1) is 8.72. The van der Waals surface area contributed by atoms with Gasteiger partial charge in [0, 0.05) is 16.8 Å². The Labute approximate surface area is 111 Å². The van der Waals surface area contributed by atoms with Crippen molar-refractivity contribution in [3.8, 4) is 11.8 Å². The molecule has 0 radical (unpaired) electrons. The summed E-state index contributed by atoms with van der Waals surface area (Å²) in [6.45, 7) is 2.75. The van der Waals surface area contributed by atoms with E-state index in [4.69, 9.17) is 10.00 Å². The largest absolute Gasteiger partial charge is 0.495 e. The van der Waals surface area contributed by atoms with Gasteiger partial charge >= 0.3 is 0 Å². The van der Waals surface area contributed by atoms with Crippen LogP contribution in [0.3, 0.4) is 0 Å². The maximum absolute atomic E-state index is 8.77. The molecule has 0 aliphatic heterocycles. The summed E-state index contributed by atoms with van der Waals surface area (Å²) in [6, 6.07) is 10.1. The van der Waals surface area contributed by atoms with Crippen LogP contribution in [0, 0.1) is 18.3 Å². The Morgan fingerprint density at radius 3 is 2.89 bits per heavy atom. The first-order valence-electron chi connectivity index (χ1n) is 5.59. The van der Waals surface area contributed by atoms with E-state index in [9.17, 15) is 0 Å². The van der Waals surface area contributed by atoms with Gasteiger partial charge in [0.2, 0.25) is 0 Å². The SMILES string of the molecule is COc1ccc(C)cc1NCc1cc(C#N)cs1. The summed E-state index contributed by atoms with van der Waals surface area (Å²) >= 11 is 1.59. The molecular formula is C14H14N2OS. The number of thiophene rings is 1. The lowest BCUT2D eigenvalue weighted by Gasteiger charge is -2.11. The van der Waals surface area contributed by atoms with Gasteiger partial charge in [-0.2, -0.15) is 5.26 Å². The lowest BCUT2D eigenvalue weighted by atomic mass is 10.2. The summed E-state index contributed by atoms with van der Waals surface area (Å²) in [5.74, 6) is 0.831. The van der Waals surface area contributed by atoms with E-state index in [-0.39, 0.29) is 0 Å². The summed E-state index contributed by atoms with van der Waals surface area (Å²) in [6.07, 6.45) is 0. The first kappa shape index (κ1) is 12.5. The molecule has 0 aliphatic carbocycles. The van der Waals surface area contributed by atoms with Gasteiger partial charge in [-0.25, -0.2) is 0 Å². The standard InChI is InChI=1S/C14H14N2OS/c1-10-3-4-14(17-2)13(5-10)16-8-12-6-11(7-15)9-18-12/h3-6,9,16H,8H2,1-2H3. The number of nitriles is 1. The summed E-state index contributed by atoms with van der Waals surface area (Å²) in [4.78, 5) is 1.13. The molecule has 1 aromatic heterocycles. The molecule has 0 unspecified atom stereocenters. The number of methoxy groups -OCH3 is 1. The van der Waals surface area contributed by atoms with Crippen molar-refractivity contribution in [2.24, 2.45) is 0 Å². The van der Waals surface area contributed by atoms with Crippen molar-refractivity contribution in [2.45, 2.75) is 13.5 Å². The highest BCUT2D eigenvalue weighted by molar-refractivity contribution is 7.10. The fourth-order valence-electron chi connectivity index (χ4n) is 1.67. The second-order valence-corrected chi connectivity index (χ2v) is 4.97. The minimum Gasteiger partial charge on any atom is -0.495 e. The Balaban J connectivity index is 2.10. The molecule has 0 fully saturated rings. The quantitative estimate of drug-likeness (QED) is 0.912. The monoisotopic (exact) mass is 258 g/mol. The Kier molecular flexibility index (Phi) is 3.85. The van der Waals surface area contributed by atoms with Crippen LogP contribution in [0.5, 0.6) is 5.75 Å². The molecule has 2 aromatic rings. The van der Waals surface area contributed by atoms with E-state index in [0.29, 0.717) is 12.1 Å². The second kappa shape index (κ2) is 5.56. The fourth-order valence-corrected chi connectivity index (χ4v) is 2.42. The highest BCUT2D eigenvalue weighted by Crippen LogP contribution is 2.26. The van der Waals surface area contributed by atoms with E-state index in [1.165, 1.54) is 5.56 Å². The molecule has 4 heteroatoms. The van der Waals surface area contributed by atoms with Crippen LogP contribution in [0.25, 0.3) is 0 Å². The van der Waals surface area contributed by atoms with Crippen LogP contribution in [0.2, 0.25) is 0 Å². The maximum Gasteiger partial charge on any atom is 0.141 e. The topological polar surface area (TPSA) is 45.0 Å². The van der Waals surface area contributed by atoms with E-state index in [1.807, 2.05) is 30.5 Å². The minimum absolute atomic E-state index is 0.701. The van der Waals surface area contributed by atoms with Crippen LogP contribution < -0.4 is 10.1 Å². The van der Waals surface area contributed by atoms with Crippen molar-refractivity contribution in [2.75, 3.05) is 12.4 Å². The third-order valence-corrected chi connectivity index (χ3v) is 3.53. The molecule has 0 bridgehead atoms. The third-order valence-electron chi connectivity index (χ3n) is 2.59. The molecule has 0 spiro atoms. The number of nitrogens with one attached hydrogen (secondary N) is 1. The summed E-state index contributed by atoms with van der Waals surface area (Å²) in [5, 5.41) is 14.0. The zero-order chi connectivity index (χ0) is 13.0. The Bertz CT molecular complexity index is 584. The van der Waals surface area contributed by atoms with Gasteiger partial charge < -0.3 is 10.1 Å². The molecule has 1 N–H and O–H groups in total. The lowest BCUT2D eigenvalue weighted by Crippen LogP contribution is -2.00. The normalized spacial score (nSPS) is 9.83. The number of anilines is 1. The molecule has 0 saturated carbocycles. The molecular weight excluding hydrogens is 244 g/mol. The zero-order valence-electron chi connectivity index (χ0n) is 10.4. The molecule has 1 aromatic carbocycles. The number of ether oxygens (including phenoxy) is 1. The average Bonchev–Trinajstić information content (AvgIpc) is 2.84. The average molecular weight is 258 g/mol. The van der Waals surface area contributed by atoms with Crippen LogP contribution in [-0.4, -0.2) is 7.11 Å². The first-order valence-corrected chi connectivity index (χ1v) is 6.47. The number of aryl methyl sites for hydroxylation is 1. The van der Waals surface area contributed by atoms with E-state index >= 15 is 0 Å². The van der Waals surface area contributed by atoms with Crippen molar-refractivity contribution in [1.29, 1.82) is 5.26 Å². The molecule has 0 atom stereocenters. The maximum atomic E-state index is 8.77. The predicted molar refractivity (Wildman–Crippen MR) is 74.1 cm³/mol.